The molecule has 3 aliphatic rings. The lowest BCUT2D eigenvalue weighted by molar-refractivity contribution is 0.0938. The first-order chi connectivity index (χ1) is 10.8. The molecule has 2 aliphatic heterocycles. The van der Waals surface area contributed by atoms with Crippen LogP contribution < -0.4 is 0 Å². The molecule has 114 valence electrons. The zero-order valence-corrected chi connectivity index (χ0v) is 12.9. The largest absolute Gasteiger partial charge is 0.508 e. The van der Waals surface area contributed by atoms with Crippen LogP contribution in [0.1, 0.15) is 29.5 Å². The monoisotopic (exact) mass is 293 g/mol. The molecule has 0 spiro atoms. The van der Waals surface area contributed by atoms with Gasteiger partial charge in [0.25, 0.3) is 0 Å². The molecular weight excluding hydrogens is 270 g/mol. The van der Waals surface area contributed by atoms with Gasteiger partial charge in [0, 0.05) is 19.1 Å². The molecule has 0 radical (unpaired) electrons. The van der Waals surface area contributed by atoms with Gasteiger partial charge in [0.15, 0.2) is 0 Å². The normalized spacial score (nSPS) is 24.5. The number of nitrogens with zero attached hydrogens (tertiary/aromatic N) is 1. The molecule has 22 heavy (non-hydrogen) atoms. The Bertz CT molecular complexity index is 652. The van der Waals surface area contributed by atoms with Crippen molar-refractivity contribution in [3.05, 3.63) is 65.2 Å². The maximum Gasteiger partial charge on any atom is 0.115 e. The molecule has 2 heteroatoms. The van der Waals surface area contributed by atoms with Crippen LogP contribution in [0.4, 0.5) is 0 Å². The number of aromatic hydroxyl groups is 1. The van der Waals surface area contributed by atoms with Gasteiger partial charge in [-0.2, -0.15) is 0 Å². The van der Waals surface area contributed by atoms with Gasteiger partial charge in [-0.05, 0) is 60.4 Å². The summed E-state index contributed by atoms with van der Waals surface area (Å²) in [4.78, 5) is 2.68. The van der Waals surface area contributed by atoms with E-state index < -0.39 is 0 Å². The molecule has 0 saturated carbocycles. The summed E-state index contributed by atoms with van der Waals surface area (Å²) in [5.74, 6) is 1.14. The molecule has 2 aromatic rings. The number of phenolic OH excluding ortho intramolecular Hbond substituents is 1. The highest BCUT2D eigenvalue weighted by Gasteiger charge is 2.31. The van der Waals surface area contributed by atoms with Gasteiger partial charge >= 0.3 is 0 Å². The third kappa shape index (κ3) is 2.76. The fraction of sp³-hybridized carbons (Fsp3) is 0.400. The van der Waals surface area contributed by atoms with Crippen molar-refractivity contribution in [1.82, 2.24) is 4.90 Å². The molecule has 2 nitrogen and oxygen atoms in total. The number of hydrogen-bond donors (Lipinski definition) is 1. The van der Waals surface area contributed by atoms with Gasteiger partial charge in [-0.3, -0.25) is 4.90 Å². The van der Waals surface area contributed by atoms with E-state index in [-0.39, 0.29) is 0 Å². The highest BCUT2D eigenvalue weighted by atomic mass is 16.3. The smallest absolute Gasteiger partial charge is 0.115 e. The van der Waals surface area contributed by atoms with Crippen molar-refractivity contribution in [2.75, 3.05) is 6.54 Å². The fourth-order valence-electron chi connectivity index (χ4n) is 4.16. The van der Waals surface area contributed by atoms with E-state index >= 15 is 0 Å². The second-order valence-corrected chi connectivity index (χ2v) is 6.87. The summed E-state index contributed by atoms with van der Waals surface area (Å²) in [6.07, 6.45) is 4.86. The Hall–Kier alpha value is -1.80. The Labute approximate surface area is 132 Å². The van der Waals surface area contributed by atoms with Crippen LogP contribution in [-0.4, -0.2) is 22.6 Å². The molecule has 2 bridgehead atoms. The zero-order chi connectivity index (χ0) is 14.9. The summed E-state index contributed by atoms with van der Waals surface area (Å²) in [6.45, 7) is 2.25. The number of phenols is 1. The van der Waals surface area contributed by atoms with Crippen molar-refractivity contribution in [3.63, 3.8) is 0 Å². The predicted molar refractivity (Wildman–Crippen MR) is 88.9 cm³/mol. The van der Waals surface area contributed by atoms with E-state index in [1.165, 1.54) is 36.1 Å². The molecule has 1 saturated heterocycles. The summed E-state index contributed by atoms with van der Waals surface area (Å²) in [7, 11) is 0. The zero-order valence-electron chi connectivity index (χ0n) is 12.9. The van der Waals surface area contributed by atoms with Crippen LogP contribution in [0.15, 0.2) is 48.5 Å². The van der Waals surface area contributed by atoms with Crippen molar-refractivity contribution < 1.29 is 5.11 Å². The Morgan fingerprint density at radius 3 is 2.68 bits per heavy atom. The van der Waals surface area contributed by atoms with Crippen LogP contribution in [0.25, 0.3) is 0 Å². The number of benzene rings is 2. The van der Waals surface area contributed by atoms with Crippen LogP contribution in [0.2, 0.25) is 0 Å². The van der Waals surface area contributed by atoms with E-state index in [1.54, 1.807) is 0 Å². The molecule has 1 N–H and O–H groups in total. The van der Waals surface area contributed by atoms with Gasteiger partial charge in [0.1, 0.15) is 5.75 Å². The second-order valence-electron chi connectivity index (χ2n) is 6.87. The molecule has 0 amide bonds. The quantitative estimate of drug-likeness (QED) is 0.911. The maximum atomic E-state index is 9.76. The third-order valence-corrected chi connectivity index (χ3v) is 5.30. The third-order valence-electron chi connectivity index (χ3n) is 5.30. The second kappa shape index (κ2) is 5.77. The van der Waals surface area contributed by atoms with Crippen LogP contribution in [0, 0.1) is 5.92 Å². The van der Waals surface area contributed by atoms with Crippen molar-refractivity contribution in [2.24, 2.45) is 5.92 Å². The van der Waals surface area contributed by atoms with Crippen LogP contribution in [0.3, 0.4) is 0 Å². The van der Waals surface area contributed by atoms with Gasteiger partial charge in [-0.1, -0.05) is 36.4 Å². The minimum absolute atomic E-state index is 0.413. The summed E-state index contributed by atoms with van der Waals surface area (Å²) >= 11 is 0. The van der Waals surface area contributed by atoms with Gasteiger partial charge in [-0.25, -0.2) is 0 Å². The summed E-state index contributed by atoms with van der Waals surface area (Å²) in [6, 6.07) is 17.4. The lowest BCUT2D eigenvalue weighted by Gasteiger charge is -2.42. The molecule has 2 heterocycles. The van der Waals surface area contributed by atoms with E-state index in [0.29, 0.717) is 11.8 Å². The maximum absolute atomic E-state index is 9.76. The highest BCUT2D eigenvalue weighted by Crippen LogP contribution is 2.34. The van der Waals surface area contributed by atoms with Crippen LogP contribution in [0.5, 0.6) is 5.75 Å². The lowest BCUT2D eigenvalue weighted by Crippen LogP contribution is -2.46. The average Bonchev–Trinajstić information content (AvgIpc) is 2.50. The molecule has 2 atom stereocenters. The number of piperidine rings is 1. The molecular formula is C20H23NO. The van der Waals surface area contributed by atoms with E-state index in [9.17, 15) is 5.11 Å². The van der Waals surface area contributed by atoms with Gasteiger partial charge in [0.2, 0.25) is 0 Å². The van der Waals surface area contributed by atoms with E-state index in [1.807, 2.05) is 12.1 Å². The molecule has 2 unspecified atom stereocenters. The fourth-order valence-corrected chi connectivity index (χ4v) is 4.16. The van der Waals surface area contributed by atoms with E-state index in [0.717, 1.165) is 25.3 Å². The van der Waals surface area contributed by atoms with Crippen molar-refractivity contribution in [2.45, 2.75) is 38.3 Å². The summed E-state index contributed by atoms with van der Waals surface area (Å²) in [5, 5.41) is 9.76. The van der Waals surface area contributed by atoms with Crippen molar-refractivity contribution in [3.8, 4) is 5.75 Å². The topological polar surface area (TPSA) is 23.5 Å². The summed E-state index contributed by atoms with van der Waals surface area (Å²) in [5.41, 5.74) is 4.22. The first-order valence-electron chi connectivity index (χ1n) is 8.36. The Morgan fingerprint density at radius 2 is 1.82 bits per heavy atom. The minimum Gasteiger partial charge on any atom is -0.508 e. The predicted octanol–water partition coefficient (Wildman–Crippen LogP) is 3.77. The number of hydrogen-bond acceptors (Lipinski definition) is 2. The molecule has 0 aromatic heterocycles. The first-order valence-corrected chi connectivity index (χ1v) is 8.36. The Morgan fingerprint density at radius 1 is 0.955 bits per heavy atom. The number of fused-ring (bicyclic) bond motifs is 2. The van der Waals surface area contributed by atoms with Crippen molar-refractivity contribution >= 4 is 0 Å². The summed E-state index contributed by atoms with van der Waals surface area (Å²) < 4.78 is 0. The minimum atomic E-state index is 0.413. The molecule has 1 fully saturated rings. The van der Waals surface area contributed by atoms with E-state index in [2.05, 4.69) is 41.3 Å². The van der Waals surface area contributed by atoms with Gasteiger partial charge in [-0.15, -0.1) is 0 Å². The first kappa shape index (κ1) is 13.8. The van der Waals surface area contributed by atoms with Gasteiger partial charge in [0.05, 0.1) is 0 Å². The molecule has 1 aliphatic carbocycles. The molecule has 2 aromatic carbocycles. The highest BCUT2D eigenvalue weighted by molar-refractivity contribution is 5.36. The average molecular weight is 293 g/mol. The van der Waals surface area contributed by atoms with Crippen LogP contribution in [-0.2, 0) is 19.4 Å². The Balaban J connectivity index is 1.59. The Kier molecular flexibility index (Phi) is 3.63. The standard InChI is InChI=1S/C20H23NO/c22-20-9-7-17-11-19-8-6-16(10-18(17)12-20)14-21(19)13-15-4-2-1-3-5-15/h1-5,7,9,12,16,19,22H,6,8,10-11,13-14H2. The van der Waals surface area contributed by atoms with E-state index in [4.69, 9.17) is 0 Å². The number of rotatable bonds is 2. The van der Waals surface area contributed by atoms with Crippen LogP contribution >= 0.6 is 0 Å². The van der Waals surface area contributed by atoms with Gasteiger partial charge < -0.3 is 5.11 Å². The van der Waals surface area contributed by atoms with Crippen molar-refractivity contribution in [1.29, 1.82) is 0 Å². The molecule has 5 rings (SSSR count). The lowest BCUT2D eigenvalue weighted by atomic mass is 9.80. The SMILES string of the molecule is Oc1ccc2c(c1)CC1CCC(C2)N(Cc2ccccc2)C1.